The van der Waals surface area contributed by atoms with Crippen LogP contribution in [0.3, 0.4) is 0 Å². The molecule has 1 fully saturated rings. The first kappa shape index (κ1) is 18.8. The summed E-state index contributed by atoms with van der Waals surface area (Å²) in [5.41, 5.74) is 2.09. The van der Waals surface area contributed by atoms with E-state index in [1.165, 1.54) is 5.56 Å². The van der Waals surface area contributed by atoms with E-state index in [2.05, 4.69) is 39.8 Å². The number of urea groups is 1. The largest absolute Gasteiger partial charge is 0.374 e. The Hall–Kier alpha value is -2.02. The van der Waals surface area contributed by atoms with Gasteiger partial charge in [0.15, 0.2) is 0 Å². The van der Waals surface area contributed by atoms with Gasteiger partial charge in [0, 0.05) is 36.8 Å². The van der Waals surface area contributed by atoms with E-state index in [-0.39, 0.29) is 12.1 Å². The Morgan fingerprint density at radius 2 is 2.08 bits per heavy atom. The summed E-state index contributed by atoms with van der Waals surface area (Å²) < 4.78 is 5.80. The maximum atomic E-state index is 12.1. The number of hydrogen-bond donors (Lipinski definition) is 2. The third-order valence-corrected chi connectivity index (χ3v) is 5.02. The normalized spacial score (nSPS) is 17.7. The molecule has 138 valence electrons. The number of nitrogens with one attached hydrogen (secondary N) is 2. The molecule has 0 saturated carbocycles. The summed E-state index contributed by atoms with van der Waals surface area (Å²) >= 11 is 1.65. The zero-order valence-electron chi connectivity index (χ0n) is 15.0. The molecule has 3 rings (SSSR count). The molecule has 2 amide bonds. The molecule has 1 aliphatic rings. The molecule has 1 atom stereocenters. The summed E-state index contributed by atoms with van der Waals surface area (Å²) in [6.45, 7) is 3.83. The Labute approximate surface area is 159 Å². The van der Waals surface area contributed by atoms with Gasteiger partial charge in [-0.05, 0) is 30.0 Å². The van der Waals surface area contributed by atoms with Crippen LogP contribution in [-0.4, -0.2) is 49.5 Å². The molecule has 5 nitrogen and oxygen atoms in total. The second-order valence-corrected chi connectivity index (χ2v) is 7.16. The third-order valence-electron chi connectivity index (χ3n) is 4.29. The Balaban J connectivity index is 1.44. The fraction of sp³-hybridized carbons (Fsp3) is 0.350. The number of anilines is 1. The lowest BCUT2D eigenvalue weighted by Gasteiger charge is -2.33. The minimum absolute atomic E-state index is 0.00995. The maximum absolute atomic E-state index is 12.1. The molecule has 0 aromatic heterocycles. The number of thioether (sulfide) groups is 1. The van der Waals surface area contributed by atoms with Gasteiger partial charge in [0.2, 0.25) is 0 Å². The SMILES string of the molecule is CSc1cccc(NC(=O)NCC2CN(Cc3ccccc3)CCO2)c1. The molecular formula is C20H25N3O2S. The van der Waals surface area contributed by atoms with E-state index in [1.807, 2.05) is 36.6 Å². The molecule has 0 bridgehead atoms. The van der Waals surface area contributed by atoms with Crippen LogP contribution in [-0.2, 0) is 11.3 Å². The van der Waals surface area contributed by atoms with Crippen LogP contribution in [0.4, 0.5) is 10.5 Å². The Morgan fingerprint density at radius 1 is 1.23 bits per heavy atom. The predicted molar refractivity (Wildman–Crippen MR) is 107 cm³/mol. The summed E-state index contributed by atoms with van der Waals surface area (Å²) in [7, 11) is 0. The van der Waals surface area contributed by atoms with Crippen molar-refractivity contribution in [1.29, 1.82) is 0 Å². The first-order valence-electron chi connectivity index (χ1n) is 8.80. The van der Waals surface area contributed by atoms with Gasteiger partial charge < -0.3 is 15.4 Å². The van der Waals surface area contributed by atoms with Crippen LogP contribution in [0, 0.1) is 0 Å². The molecule has 0 aliphatic carbocycles. The fourth-order valence-corrected chi connectivity index (χ4v) is 3.43. The van der Waals surface area contributed by atoms with E-state index in [0.717, 1.165) is 30.2 Å². The van der Waals surface area contributed by atoms with Gasteiger partial charge in [0.25, 0.3) is 0 Å². The highest BCUT2D eigenvalue weighted by Gasteiger charge is 2.21. The summed E-state index contributed by atoms with van der Waals surface area (Å²) in [6, 6.07) is 18.0. The van der Waals surface area contributed by atoms with Crippen LogP contribution in [0.1, 0.15) is 5.56 Å². The number of carbonyl (C=O) groups is 1. The van der Waals surface area contributed by atoms with E-state index in [0.29, 0.717) is 13.2 Å². The van der Waals surface area contributed by atoms with Crippen LogP contribution in [0.25, 0.3) is 0 Å². The molecule has 6 heteroatoms. The van der Waals surface area contributed by atoms with Gasteiger partial charge >= 0.3 is 6.03 Å². The highest BCUT2D eigenvalue weighted by Crippen LogP contribution is 2.18. The second-order valence-electron chi connectivity index (χ2n) is 6.28. The quantitative estimate of drug-likeness (QED) is 0.764. The molecule has 1 unspecified atom stereocenters. The monoisotopic (exact) mass is 371 g/mol. The Kier molecular flexibility index (Phi) is 6.94. The minimum Gasteiger partial charge on any atom is -0.374 e. The lowest BCUT2D eigenvalue weighted by atomic mass is 10.2. The molecule has 1 heterocycles. The highest BCUT2D eigenvalue weighted by molar-refractivity contribution is 7.98. The van der Waals surface area contributed by atoms with Gasteiger partial charge in [-0.3, -0.25) is 4.90 Å². The molecule has 2 aromatic carbocycles. The van der Waals surface area contributed by atoms with Gasteiger partial charge in [0.05, 0.1) is 12.7 Å². The number of amides is 2. The molecule has 0 radical (unpaired) electrons. The van der Waals surface area contributed by atoms with E-state index >= 15 is 0 Å². The second kappa shape index (κ2) is 9.62. The van der Waals surface area contributed by atoms with Crippen molar-refractivity contribution in [3.63, 3.8) is 0 Å². The van der Waals surface area contributed by atoms with Crippen LogP contribution in [0.15, 0.2) is 59.5 Å². The van der Waals surface area contributed by atoms with Crippen molar-refractivity contribution < 1.29 is 9.53 Å². The minimum atomic E-state index is -0.202. The summed E-state index contributed by atoms with van der Waals surface area (Å²) in [5, 5.41) is 5.79. The average molecular weight is 372 g/mol. The smallest absolute Gasteiger partial charge is 0.319 e. The zero-order valence-corrected chi connectivity index (χ0v) is 15.8. The number of hydrogen-bond acceptors (Lipinski definition) is 4. The standard InChI is InChI=1S/C20H25N3O2S/c1-26-19-9-5-8-17(12-19)22-20(24)21-13-18-15-23(10-11-25-18)14-16-6-3-2-4-7-16/h2-9,12,18H,10-11,13-15H2,1H3,(H2,21,22,24). The topological polar surface area (TPSA) is 53.6 Å². The molecule has 2 aromatic rings. The zero-order chi connectivity index (χ0) is 18.2. The van der Waals surface area contributed by atoms with E-state index in [9.17, 15) is 4.79 Å². The third kappa shape index (κ3) is 5.76. The number of benzene rings is 2. The van der Waals surface area contributed by atoms with E-state index < -0.39 is 0 Å². The van der Waals surface area contributed by atoms with Crippen LogP contribution >= 0.6 is 11.8 Å². The van der Waals surface area contributed by atoms with Gasteiger partial charge in [-0.25, -0.2) is 4.79 Å². The lowest BCUT2D eigenvalue weighted by molar-refractivity contribution is -0.0285. The number of nitrogens with zero attached hydrogens (tertiary/aromatic N) is 1. The van der Waals surface area contributed by atoms with Gasteiger partial charge in [-0.1, -0.05) is 36.4 Å². The Morgan fingerprint density at radius 3 is 2.88 bits per heavy atom. The first-order chi connectivity index (χ1) is 12.7. The predicted octanol–water partition coefficient (Wildman–Crippen LogP) is 3.43. The van der Waals surface area contributed by atoms with Crippen molar-refractivity contribution in [3.05, 3.63) is 60.2 Å². The van der Waals surface area contributed by atoms with Crippen molar-refractivity contribution >= 4 is 23.5 Å². The molecule has 26 heavy (non-hydrogen) atoms. The van der Waals surface area contributed by atoms with Gasteiger partial charge in [-0.15, -0.1) is 11.8 Å². The molecule has 2 N–H and O–H groups in total. The Bertz CT molecular complexity index is 711. The fourth-order valence-electron chi connectivity index (χ4n) is 2.97. The highest BCUT2D eigenvalue weighted by atomic mass is 32.2. The van der Waals surface area contributed by atoms with Crippen molar-refractivity contribution in [1.82, 2.24) is 10.2 Å². The van der Waals surface area contributed by atoms with E-state index in [4.69, 9.17) is 4.74 Å². The summed E-state index contributed by atoms with van der Waals surface area (Å²) in [6.07, 6.45) is 2.02. The molecular weight excluding hydrogens is 346 g/mol. The van der Waals surface area contributed by atoms with Crippen molar-refractivity contribution in [2.75, 3.05) is 37.8 Å². The maximum Gasteiger partial charge on any atom is 0.319 e. The summed E-state index contributed by atoms with van der Waals surface area (Å²) in [5.74, 6) is 0. The molecule has 1 saturated heterocycles. The van der Waals surface area contributed by atoms with E-state index in [1.54, 1.807) is 11.8 Å². The number of carbonyl (C=O) groups excluding carboxylic acids is 1. The summed E-state index contributed by atoms with van der Waals surface area (Å²) in [4.78, 5) is 15.6. The van der Waals surface area contributed by atoms with Crippen LogP contribution in [0.5, 0.6) is 0 Å². The van der Waals surface area contributed by atoms with Crippen molar-refractivity contribution in [2.24, 2.45) is 0 Å². The number of ether oxygens (including phenoxy) is 1. The van der Waals surface area contributed by atoms with Crippen molar-refractivity contribution in [2.45, 2.75) is 17.5 Å². The number of rotatable bonds is 6. The number of morpholine rings is 1. The first-order valence-corrected chi connectivity index (χ1v) is 10.0. The van der Waals surface area contributed by atoms with Gasteiger partial charge in [0.1, 0.15) is 0 Å². The lowest BCUT2D eigenvalue weighted by Crippen LogP contribution is -2.47. The van der Waals surface area contributed by atoms with Crippen LogP contribution in [0.2, 0.25) is 0 Å². The van der Waals surface area contributed by atoms with Gasteiger partial charge in [-0.2, -0.15) is 0 Å². The average Bonchev–Trinajstić information content (AvgIpc) is 2.68. The molecule has 0 spiro atoms. The van der Waals surface area contributed by atoms with Crippen molar-refractivity contribution in [3.8, 4) is 0 Å². The molecule has 1 aliphatic heterocycles. The van der Waals surface area contributed by atoms with Crippen LogP contribution < -0.4 is 10.6 Å².